The third kappa shape index (κ3) is 1.14. The number of aryl methyl sites for hydroxylation is 1. The fraction of sp³-hybridized carbons (Fsp3) is 0.125. The SMILES string of the molecule is Cc1nc(S)c2ncccc2n1. The van der Waals surface area contributed by atoms with Gasteiger partial charge in [0.25, 0.3) is 0 Å². The molecule has 0 amide bonds. The fourth-order valence-electron chi connectivity index (χ4n) is 1.06. The van der Waals surface area contributed by atoms with Gasteiger partial charge in [0.2, 0.25) is 0 Å². The van der Waals surface area contributed by atoms with Gasteiger partial charge in [-0.15, -0.1) is 12.6 Å². The van der Waals surface area contributed by atoms with Gasteiger partial charge in [0.1, 0.15) is 16.4 Å². The van der Waals surface area contributed by atoms with Crippen LogP contribution >= 0.6 is 12.6 Å². The van der Waals surface area contributed by atoms with E-state index in [1.54, 1.807) is 6.20 Å². The van der Waals surface area contributed by atoms with E-state index in [1.165, 1.54) is 0 Å². The number of aromatic nitrogens is 3. The molecule has 2 aromatic rings. The van der Waals surface area contributed by atoms with Crippen molar-refractivity contribution in [1.29, 1.82) is 0 Å². The highest BCUT2D eigenvalue weighted by Crippen LogP contribution is 2.14. The monoisotopic (exact) mass is 177 g/mol. The van der Waals surface area contributed by atoms with Crippen molar-refractivity contribution in [3.8, 4) is 0 Å². The first-order valence-corrected chi connectivity index (χ1v) is 4.00. The Labute approximate surface area is 75.3 Å². The summed E-state index contributed by atoms with van der Waals surface area (Å²) in [4.78, 5) is 12.4. The van der Waals surface area contributed by atoms with Crippen LogP contribution in [0.1, 0.15) is 5.82 Å². The molecule has 0 saturated carbocycles. The summed E-state index contributed by atoms with van der Waals surface area (Å²) in [5, 5.41) is 0.637. The van der Waals surface area contributed by atoms with Gasteiger partial charge in [0.05, 0.1) is 5.52 Å². The van der Waals surface area contributed by atoms with E-state index < -0.39 is 0 Å². The van der Waals surface area contributed by atoms with Crippen LogP contribution in [0, 0.1) is 6.92 Å². The summed E-state index contributed by atoms with van der Waals surface area (Å²) in [7, 11) is 0. The summed E-state index contributed by atoms with van der Waals surface area (Å²) in [5.41, 5.74) is 1.60. The van der Waals surface area contributed by atoms with Crippen LogP contribution in [-0.2, 0) is 0 Å². The Morgan fingerprint density at radius 3 is 3.00 bits per heavy atom. The van der Waals surface area contributed by atoms with Gasteiger partial charge < -0.3 is 0 Å². The minimum absolute atomic E-state index is 0.637. The zero-order valence-electron chi connectivity index (χ0n) is 6.52. The lowest BCUT2D eigenvalue weighted by Crippen LogP contribution is -1.91. The average Bonchev–Trinajstić information content (AvgIpc) is 2.04. The van der Waals surface area contributed by atoms with Crippen LogP contribution in [0.3, 0.4) is 0 Å². The molecule has 12 heavy (non-hydrogen) atoms. The predicted octanol–water partition coefficient (Wildman–Crippen LogP) is 1.62. The van der Waals surface area contributed by atoms with Crippen LogP contribution in [0.4, 0.5) is 0 Å². The second-order valence-electron chi connectivity index (χ2n) is 2.47. The van der Waals surface area contributed by atoms with Gasteiger partial charge >= 0.3 is 0 Å². The molecule has 0 N–H and O–H groups in total. The van der Waals surface area contributed by atoms with Gasteiger partial charge in [0.15, 0.2) is 0 Å². The molecule has 2 aromatic heterocycles. The van der Waals surface area contributed by atoms with Gasteiger partial charge in [-0.2, -0.15) is 0 Å². The molecular weight excluding hydrogens is 170 g/mol. The molecule has 2 rings (SSSR count). The molecule has 0 aliphatic rings. The molecule has 0 bridgehead atoms. The van der Waals surface area contributed by atoms with Crippen LogP contribution in [0.2, 0.25) is 0 Å². The summed E-state index contributed by atoms with van der Waals surface area (Å²) in [6, 6.07) is 3.75. The van der Waals surface area contributed by atoms with Crippen molar-refractivity contribution >= 4 is 23.7 Å². The Hall–Kier alpha value is -1.16. The molecule has 0 aliphatic heterocycles. The van der Waals surface area contributed by atoms with Crippen molar-refractivity contribution in [2.75, 3.05) is 0 Å². The Morgan fingerprint density at radius 1 is 1.33 bits per heavy atom. The largest absolute Gasteiger partial charge is 0.252 e. The predicted molar refractivity (Wildman–Crippen MR) is 49.3 cm³/mol. The highest BCUT2D eigenvalue weighted by Gasteiger charge is 2.01. The van der Waals surface area contributed by atoms with Crippen LogP contribution in [0.15, 0.2) is 23.4 Å². The van der Waals surface area contributed by atoms with Gasteiger partial charge in [-0.1, -0.05) is 0 Å². The Kier molecular flexibility index (Phi) is 1.69. The first kappa shape index (κ1) is 7.49. The zero-order valence-corrected chi connectivity index (χ0v) is 7.42. The number of hydrogen-bond acceptors (Lipinski definition) is 4. The van der Waals surface area contributed by atoms with E-state index in [0.29, 0.717) is 5.03 Å². The smallest absolute Gasteiger partial charge is 0.127 e. The summed E-state index contributed by atoms with van der Waals surface area (Å²) < 4.78 is 0. The van der Waals surface area contributed by atoms with Gasteiger partial charge in [0, 0.05) is 6.20 Å². The van der Waals surface area contributed by atoms with E-state index in [9.17, 15) is 0 Å². The lowest BCUT2D eigenvalue weighted by molar-refractivity contribution is 1.00. The van der Waals surface area contributed by atoms with Gasteiger partial charge in [-0.05, 0) is 19.1 Å². The van der Waals surface area contributed by atoms with E-state index >= 15 is 0 Å². The molecule has 0 atom stereocenters. The van der Waals surface area contributed by atoms with Crippen LogP contribution < -0.4 is 0 Å². The number of fused-ring (bicyclic) bond motifs is 1. The third-order valence-electron chi connectivity index (χ3n) is 1.55. The number of nitrogens with zero attached hydrogens (tertiary/aromatic N) is 3. The highest BCUT2D eigenvalue weighted by atomic mass is 32.1. The van der Waals surface area contributed by atoms with Crippen molar-refractivity contribution in [2.24, 2.45) is 0 Å². The molecule has 0 aliphatic carbocycles. The Balaban J connectivity index is 2.89. The Bertz CT molecular complexity index is 428. The van der Waals surface area contributed by atoms with E-state index in [4.69, 9.17) is 0 Å². The summed E-state index contributed by atoms with van der Waals surface area (Å²) >= 11 is 4.21. The molecule has 60 valence electrons. The van der Waals surface area contributed by atoms with Crippen molar-refractivity contribution in [2.45, 2.75) is 11.9 Å². The van der Waals surface area contributed by atoms with Crippen molar-refractivity contribution in [3.63, 3.8) is 0 Å². The number of rotatable bonds is 0. The van der Waals surface area contributed by atoms with Crippen molar-refractivity contribution in [1.82, 2.24) is 15.0 Å². The van der Waals surface area contributed by atoms with E-state index in [-0.39, 0.29) is 0 Å². The van der Waals surface area contributed by atoms with Crippen LogP contribution in [0.25, 0.3) is 11.0 Å². The fourth-order valence-corrected chi connectivity index (χ4v) is 1.38. The summed E-state index contributed by atoms with van der Waals surface area (Å²) in [5.74, 6) is 0.723. The minimum atomic E-state index is 0.637. The van der Waals surface area contributed by atoms with E-state index in [0.717, 1.165) is 16.9 Å². The topological polar surface area (TPSA) is 38.7 Å². The summed E-state index contributed by atoms with van der Waals surface area (Å²) in [6.07, 6.45) is 1.71. The normalized spacial score (nSPS) is 10.5. The standard InChI is InChI=1S/C8H7N3S/c1-5-10-6-3-2-4-9-7(6)8(12)11-5/h2-4H,1H3,(H,10,11,12). The maximum atomic E-state index is 4.21. The zero-order chi connectivity index (χ0) is 8.55. The minimum Gasteiger partial charge on any atom is -0.252 e. The average molecular weight is 177 g/mol. The third-order valence-corrected chi connectivity index (χ3v) is 1.86. The molecular formula is C8H7N3S. The van der Waals surface area contributed by atoms with Crippen LogP contribution in [0.5, 0.6) is 0 Å². The Morgan fingerprint density at radius 2 is 2.17 bits per heavy atom. The highest BCUT2D eigenvalue weighted by molar-refractivity contribution is 7.80. The van der Waals surface area contributed by atoms with Crippen molar-refractivity contribution in [3.05, 3.63) is 24.2 Å². The molecule has 3 nitrogen and oxygen atoms in total. The first-order valence-electron chi connectivity index (χ1n) is 3.56. The molecule has 0 unspecified atom stereocenters. The molecule has 0 spiro atoms. The lowest BCUT2D eigenvalue weighted by Gasteiger charge is -1.98. The van der Waals surface area contributed by atoms with E-state index in [2.05, 4.69) is 27.6 Å². The second kappa shape index (κ2) is 2.71. The number of hydrogen-bond donors (Lipinski definition) is 1. The molecule has 0 radical (unpaired) electrons. The summed E-state index contributed by atoms with van der Waals surface area (Å²) in [6.45, 7) is 1.84. The lowest BCUT2D eigenvalue weighted by atomic mass is 10.4. The number of thiol groups is 1. The maximum Gasteiger partial charge on any atom is 0.127 e. The molecule has 0 aromatic carbocycles. The molecule has 2 heterocycles. The van der Waals surface area contributed by atoms with Crippen molar-refractivity contribution < 1.29 is 0 Å². The first-order chi connectivity index (χ1) is 5.77. The molecule has 0 saturated heterocycles. The quantitative estimate of drug-likeness (QED) is 0.491. The molecule has 4 heteroatoms. The van der Waals surface area contributed by atoms with Gasteiger partial charge in [-0.3, -0.25) is 4.98 Å². The van der Waals surface area contributed by atoms with Crippen LogP contribution in [-0.4, -0.2) is 15.0 Å². The maximum absolute atomic E-state index is 4.21. The number of pyridine rings is 1. The molecule has 0 fully saturated rings. The van der Waals surface area contributed by atoms with Gasteiger partial charge in [-0.25, -0.2) is 9.97 Å². The van der Waals surface area contributed by atoms with E-state index in [1.807, 2.05) is 19.1 Å². The second-order valence-corrected chi connectivity index (χ2v) is 2.89.